The van der Waals surface area contributed by atoms with E-state index in [1.165, 1.54) is 36.0 Å². The quantitative estimate of drug-likeness (QED) is 0.257. The number of hydrogen-bond donors (Lipinski definition) is 1. The van der Waals surface area contributed by atoms with E-state index in [-0.39, 0.29) is 26.9 Å². The van der Waals surface area contributed by atoms with Crippen molar-refractivity contribution in [3.8, 4) is 0 Å². The van der Waals surface area contributed by atoms with E-state index in [1.54, 1.807) is 18.2 Å². The smallest absolute Gasteiger partial charge is 0.255 e. The predicted molar refractivity (Wildman–Crippen MR) is 146 cm³/mol. The van der Waals surface area contributed by atoms with Gasteiger partial charge in [-0.05, 0) is 52.9 Å². The minimum absolute atomic E-state index is 0.0213. The molecule has 0 fully saturated rings. The maximum Gasteiger partial charge on any atom is 0.255 e. The third-order valence-corrected chi connectivity index (χ3v) is 8.11. The normalized spacial score (nSPS) is 12.3. The molecular formula is C26H26Cl3N3O3S. The van der Waals surface area contributed by atoms with E-state index in [1.807, 2.05) is 24.3 Å². The molecule has 0 spiro atoms. The molecule has 0 saturated carbocycles. The molecule has 0 heterocycles. The Morgan fingerprint density at radius 2 is 1.53 bits per heavy atom. The summed E-state index contributed by atoms with van der Waals surface area (Å²) < 4.78 is 27.8. The van der Waals surface area contributed by atoms with Gasteiger partial charge in [0.25, 0.3) is 5.91 Å². The summed E-state index contributed by atoms with van der Waals surface area (Å²) in [6.07, 6.45) is 1.49. The third-order valence-electron chi connectivity index (χ3n) is 5.35. The Morgan fingerprint density at radius 1 is 0.944 bits per heavy atom. The van der Waals surface area contributed by atoms with Crippen molar-refractivity contribution in [1.82, 2.24) is 9.73 Å². The molecule has 36 heavy (non-hydrogen) atoms. The lowest BCUT2D eigenvalue weighted by Crippen LogP contribution is -2.39. The molecule has 0 saturated heterocycles. The first kappa shape index (κ1) is 28.2. The minimum atomic E-state index is -4.10. The van der Waals surface area contributed by atoms with Gasteiger partial charge < -0.3 is 0 Å². The first-order chi connectivity index (χ1) is 16.9. The molecule has 1 amide bonds. The van der Waals surface area contributed by atoms with Crippen molar-refractivity contribution >= 4 is 56.9 Å². The Kier molecular flexibility index (Phi) is 9.19. The fourth-order valence-electron chi connectivity index (χ4n) is 3.28. The third kappa shape index (κ3) is 7.31. The van der Waals surface area contributed by atoms with Gasteiger partial charge in [-0.15, -0.1) is 0 Å². The van der Waals surface area contributed by atoms with Crippen LogP contribution in [0.25, 0.3) is 0 Å². The molecule has 6 nitrogen and oxygen atoms in total. The number of sulfonamides is 1. The van der Waals surface area contributed by atoms with Gasteiger partial charge in [-0.25, -0.2) is 13.8 Å². The molecule has 3 rings (SSSR count). The van der Waals surface area contributed by atoms with Crippen LogP contribution in [0, 0.1) is 0 Å². The van der Waals surface area contributed by atoms with Crippen LogP contribution in [-0.4, -0.2) is 31.4 Å². The maximum absolute atomic E-state index is 13.4. The topological polar surface area (TPSA) is 78.8 Å². The second-order valence-electron chi connectivity index (χ2n) is 9.09. The zero-order valence-corrected chi connectivity index (χ0v) is 23.1. The van der Waals surface area contributed by atoms with Crippen molar-refractivity contribution in [3.05, 3.63) is 98.5 Å². The number of benzene rings is 3. The van der Waals surface area contributed by atoms with E-state index in [0.717, 1.165) is 9.87 Å². The van der Waals surface area contributed by atoms with Gasteiger partial charge in [0.2, 0.25) is 10.0 Å². The van der Waals surface area contributed by atoms with E-state index in [9.17, 15) is 13.2 Å². The van der Waals surface area contributed by atoms with Gasteiger partial charge in [0.05, 0.1) is 17.7 Å². The number of nitrogens with zero attached hydrogens (tertiary/aromatic N) is 2. The SMILES string of the molecule is CC(C)(C)c1ccc(/C=N\NC(=O)CN(Cc2c(Cl)cccc2Cl)S(=O)(=O)c2ccc(Cl)cc2)cc1. The lowest BCUT2D eigenvalue weighted by molar-refractivity contribution is -0.121. The van der Waals surface area contributed by atoms with Gasteiger partial charge in [0.15, 0.2) is 0 Å². The summed E-state index contributed by atoms with van der Waals surface area (Å²) >= 11 is 18.5. The van der Waals surface area contributed by atoms with Crippen molar-refractivity contribution in [2.45, 2.75) is 37.6 Å². The number of rotatable bonds is 8. The van der Waals surface area contributed by atoms with Crippen LogP contribution in [0.5, 0.6) is 0 Å². The molecule has 10 heteroatoms. The van der Waals surface area contributed by atoms with Crippen molar-refractivity contribution in [2.75, 3.05) is 6.54 Å². The fraction of sp³-hybridized carbons (Fsp3) is 0.231. The van der Waals surface area contributed by atoms with E-state index < -0.39 is 22.5 Å². The number of carbonyl (C=O) groups excluding carboxylic acids is 1. The van der Waals surface area contributed by atoms with Crippen LogP contribution in [0.15, 0.2) is 76.7 Å². The first-order valence-electron chi connectivity index (χ1n) is 11.0. The molecule has 0 aliphatic heterocycles. The molecule has 3 aromatic rings. The summed E-state index contributed by atoms with van der Waals surface area (Å²) in [5.41, 5.74) is 4.76. The molecule has 190 valence electrons. The zero-order chi connectivity index (χ0) is 26.5. The Morgan fingerprint density at radius 3 is 2.08 bits per heavy atom. The summed E-state index contributed by atoms with van der Waals surface area (Å²) in [6, 6.07) is 18.3. The molecule has 0 aliphatic carbocycles. The molecule has 0 radical (unpaired) electrons. The summed E-state index contributed by atoms with van der Waals surface area (Å²) in [5.74, 6) is -0.627. The Hall–Kier alpha value is -2.42. The summed E-state index contributed by atoms with van der Waals surface area (Å²) in [5, 5.41) is 4.94. The number of carbonyl (C=O) groups is 1. The number of nitrogens with one attached hydrogen (secondary N) is 1. The van der Waals surface area contributed by atoms with E-state index in [4.69, 9.17) is 34.8 Å². The summed E-state index contributed by atoms with van der Waals surface area (Å²) in [4.78, 5) is 12.7. The van der Waals surface area contributed by atoms with Crippen LogP contribution >= 0.6 is 34.8 Å². The standard InChI is InChI=1S/C26H26Cl3N3O3S/c1-26(2,3)19-9-7-18(8-10-19)15-30-31-25(33)17-32(16-22-23(28)5-4-6-24(22)29)36(34,35)21-13-11-20(27)12-14-21/h4-15H,16-17H2,1-3H3,(H,31,33)/b30-15-. The van der Waals surface area contributed by atoms with E-state index in [2.05, 4.69) is 31.3 Å². The maximum atomic E-state index is 13.4. The van der Waals surface area contributed by atoms with Gasteiger partial charge in [0, 0.05) is 27.2 Å². The average Bonchev–Trinajstić information content (AvgIpc) is 2.81. The van der Waals surface area contributed by atoms with E-state index >= 15 is 0 Å². The van der Waals surface area contributed by atoms with E-state index in [0.29, 0.717) is 10.6 Å². The molecule has 3 aromatic carbocycles. The second-order valence-corrected chi connectivity index (χ2v) is 12.3. The van der Waals surface area contributed by atoms with Crippen LogP contribution in [0.1, 0.15) is 37.5 Å². The highest BCUT2D eigenvalue weighted by Crippen LogP contribution is 2.28. The molecule has 0 atom stereocenters. The number of hydrazone groups is 1. The van der Waals surface area contributed by atoms with Gasteiger partial charge in [0.1, 0.15) is 0 Å². The summed E-state index contributed by atoms with van der Waals surface area (Å²) in [6.45, 7) is 5.64. The highest BCUT2D eigenvalue weighted by atomic mass is 35.5. The number of halogens is 3. The predicted octanol–water partition coefficient (Wildman–Crippen LogP) is 6.29. The van der Waals surface area contributed by atoms with Crippen LogP contribution in [0.4, 0.5) is 0 Å². The van der Waals surface area contributed by atoms with Crippen molar-refractivity contribution in [3.63, 3.8) is 0 Å². The molecule has 1 N–H and O–H groups in total. The number of hydrogen-bond acceptors (Lipinski definition) is 4. The highest BCUT2D eigenvalue weighted by Gasteiger charge is 2.28. The van der Waals surface area contributed by atoms with Crippen molar-refractivity contribution < 1.29 is 13.2 Å². The van der Waals surface area contributed by atoms with Crippen molar-refractivity contribution in [2.24, 2.45) is 5.10 Å². The molecule has 0 aliphatic rings. The Bertz CT molecular complexity index is 1330. The second kappa shape index (κ2) is 11.8. The monoisotopic (exact) mass is 565 g/mol. The highest BCUT2D eigenvalue weighted by molar-refractivity contribution is 7.89. The Labute approximate surface area is 226 Å². The summed E-state index contributed by atoms with van der Waals surface area (Å²) in [7, 11) is -4.10. The number of amides is 1. The first-order valence-corrected chi connectivity index (χ1v) is 13.6. The largest absolute Gasteiger partial charge is 0.272 e. The molecule has 0 unspecified atom stereocenters. The van der Waals surface area contributed by atoms with Crippen molar-refractivity contribution in [1.29, 1.82) is 0 Å². The van der Waals surface area contributed by atoms with Crippen LogP contribution < -0.4 is 5.43 Å². The fourth-order valence-corrected chi connectivity index (χ4v) is 5.29. The molecule has 0 aromatic heterocycles. The molecule has 0 bridgehead atoms. The zero-order valence-electron chi connectivity index (χ0n) is 20.0. The van der Waals surface area contributed by atoms with Gasteiger partial charge in [-0.2, -0.15) is 9.41 Å². The molecular weight excluding hydrogens is 541 g/mol. The lowest BCUT2D eigenvalue weighted by Gasteiger charge is -2.22. The van der Waals surface area contributed by atoms with Crippen LogP contribution in [-0.2, 0) is 26.8 Å². The van der Waals surface area contributed by atoms with Gasteiger partial charge in [-0.1, -0.05) is 85.9 Å². The minimum Gasteiger partial charge on any atom is -0.272 e. The van der Waals surface area contributed by atoms with Crippen LogP contribution in [0.3, 0.4) is 0 Å². The average molecular weight is 567 g/mol. The van der Waals surface area contributed by atoms with Crippen LogP contribution in [0.2, 0.25) is 15.1 Å². The Balaban J connectivity index is 1.80. The van der Waals surface area contributed by atoms with Gasteiger partial charge in [-0.3, -0.25) is 4.79 Å². The lowest BCUT2D eigenvalue weighted by atomic mass is 9.87. The van der Waals surface area contributed by atoms with Gasteiger partial charge >= 0.3 is 0 Å².